The first-order valence-corrected chi connectivity index (χ1v) is 9.33. The lowest BCUT2D eigenvalue weighted by molar-refractivity contribution is 0.0697. The van der Waals surface area contributed by atoms with Gasteiger partial charge in [-0.3, -0.25) is 0 Å². The van der Waals surface area contributed by atoms with Gasteiger partial charge in [0.15, 0.2) is 0 Å². The lowest BCUT2D eigenvalue weighted by atomic mass is 9.63. The van der Waals surface area contributed by atoms with E-state index in [1.807, 2.05) is 12.1 Å². The lowest BCUT2D eigenvalue weighted by Crippen LogP contribution is -2.33. The molecule has 0 bridgehead atoms. The topological polar surface area (TPSA) is 49.8 Å². The zero-order valence-electron chi connectivity index (χ0n) is 15.9. The normalized spacial score (nSPS) is 25.4. The molecule has 1 saturated heterocycles. The zero-order valence-corrected chi connectivity index (χ0v) is 15.9. The van der Waals surface area contributed by atoms with Crippen LogP contribution in [0.4, 0.5) is 0 Å². The van der Waals surface area contributed by atoms with Gasteiger partial charge in [0.05, 0.1) is 5.56 Å². The van der Waals surface area contributed by atoms with Gasteiger partial charge in [0.1, 0.15) is 12.2 Å². The summed E-state index contributed by atoms with van der Waals surface area (Å²) in [6.07, 6.45) is 2.50. The van der Waals surface area contributed by atoms with Gasteiger partial charge in [0.25, 0.3) is 0 Å². The van der Waals surface area contributed by atoms with Crippen LogP contribution in [0, 0.1) is 0 Å². The highest BCUT2D eigenvalue weighted by Gasteiger charge is 2.43. The Morgan fingerprint density at radius 3 is 2.04 bits per heavy atom. The number of rotatable bonds is 3. The molecule has 1 fully saturated rings. The van der Waals surface area contributed by atoms with E-state index in [0.29, 0.717) is 5.56 Å². The Labute approximate surface area is 155 Å². The molecule has 3 heteroatoms. The molecule has 136 valence electrons. The summed E-state index contributed by atoms with van der Waals surface area (Å²) in [4.78, 5) is 11.0. The van der Waals surface area contributed by atoms with Crippen molar-refractivity contribution in [3.63, 3.8) is 0 Å². The molecule has 3 nitrogen and oxygen atoms in total. The van der Waals surface area contributed by atoms with Gasteiger partial charge in [-0.05, 0) is 58.1 Å². The van der Waals surface area contributed by atoms with E-state index >= 15 is 0 Å². The maximum absolute atomic E-state index is 11.0. The summed E-state index contributed by atoms with van der Waals surface area (Å²) in [6, 6.07) is 13.9. The maximum Gasteiger partial charge on any atom is 0.335 e. The predicted molar refractivity (Wildman–Crippen MR) is 102 cm³/mol. The second kappa shape index (κ2) is 5.68. The van der Waals surface area contributed by atoms with Crippen LogP contribution in [-0.4, -0.2) is 11.1 Å². The quantitative estimate of drug-likeness (QED) is 0.739. The van der Waals surface area contributed by atoms with Gasteiger partial charge >= 0.3 is 5.97 Å². The van der Waals surface area contributed by atoms with Crippen LogP contribution < -0.4 is 0 Å². The van der Waals surface area contributed by atoms with Crippen molar-refractivity contribution in [2.45, 2.75) is 63.6 Å². The summed E-state index contributed by atoms with van der Waals surface area (Å²) < 4.78 is 5.95. The molecule has 2 atom stereocenters. The van der Waals surface area contributed by atoms with Crippen LogP contribution in [0.15, 0.2) is 42.5 Å². The van der Waals surface area contributed by atoms with Crippen LogP contribution in [0.5, 0.6) is 0 Å². The van der Waals surface area contributed by atoms with Crippen molar-refractivity contribution >= 4 is 5.97 Å². The average Bonchev–Trinajstić information content (AvgIpc) is 3.40. The van der Waals surface area contributed by atoms with Gasteiger partial charge in [-0.25, -0.2) is 4.79 Å². The molecule has 0 aromatic heterocycles. The molecule has 0 radical (unpaired) electrons. The Bertz CT molecular complexity index is 862. The van der Waals surface area contributed by atoms with Crippen LogP contribution in [-0.2, 0) is 15.6 Å². The van der Waals surface area contributed by atoms with Crippen molar-refractivity contribution in [3.05, 3.63) is 70.3 Å². The zero-order chi connectivity index (χ0) is 18.7. The van der Waals surface area contributed by atoms with E-state index in [0.717, 1.165) is 5.56 Å². The first-order valence-electron chi connectivity index (χ1n) is 9.33. The average molecular weight is 350 g/mol. The summed E-state index contributed by atoms with van der Waals surface area (Å²) in [5, 5.41) is 9.03. The van der Waals surface area contributed by atoms with Gasteiger partial charge < -0.3 is 9.84 Å². The fourth-order valence-electron chi connectivity index (χ4n) is 4.22. The minimum Gasteiger partial charge on any atom is -0.478 e. The molecule has 2 aromatic rings. The van der Waals surface area contributed by atoms with Crippen molar-refractivity contribution in [1.29, 1.82) is 0 Å². The van der Waals surface area contributed by atoms with Gasteiger partial charge in [-0.1, -0.05) is 58.0 Å². The molecule has 2 aromatic carbocycles. The number of ether oxygens (including phenoxy) is 1. The van der Waals surface area contributed by atoms with E-state index in [-0.39, 0.29) is 23.0 Å². The number of carboxylic acids is 1. The van der Waals surface area contributed by atoms with Crippen LogP contribution in [0.2, 0.25) is 0 Å². The smallest absolute Gasteiger partial charge is 0.335 e. The Hall–Kier alpha value is -2.13. The summed E-state index contributed by atoms with van der Waals surface area (Å²) in [6.45, 7) is 9.34. The van der Waals surface area contributed by atoms with E-state index in [2.05, 4.69) is 45.9 Å². The van der Waals surface area contributed by atoms with Crippen LogP contribution in [0.3, 0.4) is 0 Å². The Balaban J connectivity index is 1.61. The van der Waals surface area contributed by atoms with Crippen LogP contribution in [0.25, 0.3) is 0 Å². The summed E-state index contributed by atoms with van der Waals surface area (Å²) >= 11 is 0. The summed E-state index contributed by atoms with van der Waals surface area (Å²) in [5.41, 5.74) is 5.89. The van der Waals surface area contributed by atoms with E-state index in [9.17, 15) is 4.79 Å². The third-order valence-corrected chi connectivity index (χ3v) is 6.18. The van der Waals surface area contributed by atoms with Crippen LogP contribution >= 0.6 is 0 Å². The molecule has 1 heterocycles. The molecule has 26 heavy (non-hydrogen) atoms. The van der Waals surface area contributed by atoms with Crippen molar-refractivity contribution < 1.29 is 14.6 Å². The third kappa shape index (κ3) is 2.84. The first kappa shape index (κ1) is 17.3. The minimum absolute atomic E-state index is 0.0237. The molecular weight excluding hydrogens is 324 g/mol. The number of carboxylic acid groups (broad SMARTS) is 1. The minimum atomic E-state index is -0.899. The highest BCUT2D eigenvalue weighted by molar-refractivity contribution is 5.87. The SMILES string of the molecule is CC1(C)CCC(C)(C)c2cc(C3OC3c3ccc(C(=O)O)cc3)ccc21. The molecule has 4 rings (SSSR count). The monoisotopic (exact) mass is 350 g/mol. The summed E-state index contributed by atoms with van der Waals surface area (Å²) in [7, 11) is 0. The fourth-order valence-corrected chi connectivity index (χ4v) is 4.22. The largest absolute Gasteiger partial charge is 0.478 e. The number of epoxide rings is 1. The molecule has 2 aliphatic rings. The molecule has 0 spiro atoms. The van der Waals surface area contributed by atoms with Crippen molar-refractivity contribution in [3.8, 4) is 0 Å². The molecular formula is C23H26O3. The second-order valence-electron chi connectivity index (χ2n) is 8.98. The number of aromatic carboxylic acids is 1. The van der Waals surface area contributed by atoms with E-state index in [1.165, 1.54) is 29.5 Å². The predicted octanol–water partition coefficient (Wildman–Crippen LogP) is 5.55. The number of benzene rings is 2. The fraction of sp³-hybridized carbons (Fsp3) is 0.435. The second-order valence-corrected chi connectivity index (χ2v) is 8.98. The number of hydrogen-bond acceptors (Lipinski definition) is 2. The molecule has 1 N–H and O–H groups in total. The number of hydrogen-bond donors (Lipinski definition) is 1. The van der Waals surface area contributed by atoms with Gasteiger partial charge in [0.2, 0.25) is 0 Å². The molecule has 0 amide bonds. The molecule has 1 aliphatic carbocycles. The maximum atomic E-state index is 11.0. The highest BCUT2D eigenvalue weighted by atomic mass is 16.6. The van der Waals surface area contributed by atoms with Gasteiger partial charge in [-0.2, -0.15) is 0 Å². The van der Waals surface area contributed by atoms with Crippen molar-refractivity contribution in [2.24, 2.45) is 0 Å². The van der Waals surface area contributed by atoms with E-state index in [1.54, 1.807) is 12.1 Å². The Kier molecular flexibility index (Phi) is 3.78. The summed E-state index contributed by atoms with van der Waals surface area (Å²) in [5.74, 6) is -0.899. The Morgan fingerprint density at radius 1 is 0.885 bits per heavy atom. The highest BCUT2D eigenvalue weighted by Crippen LogP contribution is 2.53. The Morgan fingerprint density at radius 2 is 1.42 bits per heavy atom. The molecule has 0 saturated carbocycles. The molecule has 1 aliphatic heterocycles. The van der Waals surface area contributed by atoms with Crippen LogP contribution in [0.1, 0.15) is 85.4 Å². The van der Waals surface area contributed by atoms with Crippen molar-refractivity contribution in [2.75, 3.05) is 0 Å². The number of carbonyl (C=O) groups is 1. The molecule has 2 unspecified atom stereocenters. The standard InChI is InChI=1S/C23H26O3/c1-22(2)11-12-23(3,4)18-13-16(9-10-17(18)22)20-19(26-20)14-5-7-15(8-6-14)21(24)25/h5-10,13,19-20H,11-12H2,1-4H3,(H,24,25). The van der Waals surface area contributed by atoms with E-state index < -0.39 is 5.97 Å². The number of fused-ring (bicyclic) bond motifs is 1. The van der Waals surface area contributed by atoms with Gasteiger partial charge in [-0.15, -0.1) is 0 Å². The van der Waals surface area contributed by atoms with Gasteiger partial charge in [0, 0.05) is 0 Å². The van der Waals surface area contributed by atoms with E-state index in [4.69, 9.17) is 9.84 Å². The lowest BCUT2D eigenvalue weighted by Gasteiger charge is -2.42. The first-order chi connectivity index (χ1) is 12.2. The van der Waals surface area contributed by atoms with Crippen molar-refractivity contribution in [1.82, 2.24) is 0 Å². The third-order valence-electron chi connectivity index (χ3n) is 6.18.